The summed E-state index contributed by atoms with van der Waals surface area (Å²) in [6.07, 6.45) is 4.29. The number of likely N-dealkylation sites (tertiary alicyclic amines) is 1. The van der Waals surface area contributed by atoms with Gasteiger partial charge in [0.05, 0.1) is 16.3 Å². The highest BCUT2D eigenvalue weighted by molar-refractivity contribution is 7.09. The molecule has 1 aromatic carbocycles. The lowest BCUT2D eigenvalue weighted by Crippen LogP contribution is -2.45. The number of nitrogens with zero attached hydrogens (tertiary/aromatic N) is 2. The summed E-state index contributed by atoms with van der Waals surface area (Å²) in [4.78, 5) is 7.19. The molecule has 1 aromatic heterocycles. The van der Waals surface area contributed by atoms with E-state index in [9.17, 15) is 5.11 Å². The van der Waals surface area contributed by atoms with Crippen molar-refractivity contribution in [2.24, 2.45) is 0 Å². The van der Waals surface area contributed by atoms with Crippen LogP contribution in [0, 0.1) is 0 Å². The fraction of sp³-hybridized carbons (Fsp3) is 0.526. The predicted octanol–water partition coefficient (Wildman–Crippen LogP) is 3.66. The van der Waals surface area contributed by atoms with Gasteiger partial charge in [-0.25, -0.2) is 4.98 Å². The molecule has 1 saturated heterocycles. The molecule has 3 nitrogen and oxygen atoms in total. The zero-order valence-corrected chi connectivity index (χ0v) is 14.9. The van der Waals surface area contributed by atoms with E-state index in [-0.39, 0.29) is 6.04 Å². The smallest absolute Gasteiger partial charge is 0.0932 e. The minimum absolute atomic E-state index is 0.247. The van der Waals surface area contributed by atoms with Crippen molar-refractivity contribution in [3.63, 3.8) is 0 Å². The zero-order chi connectivity index (χ0) is 16.3. The third-order valence-electron chi connectivity index (χ3n) is 4.61. The summed E-state index contributed by atoms with van der Waals surface area (Å²) in [5.74, 6) is 0. The summed E-state index contributed by atoms with van der Waals surface area (Å²) in [5, 5.41) is 13.7. The van der Waals surface area contributed by atoms with Gasteiger partial charge in [0.15, 0.2) is 0 Å². The van der Waals surface area contributed by atoms with Gasteiger partial charge in [-0.05, 0) is 45.2 Å². The Morgan fingerprint density at radius 1 is 1.26 bits per heavy atom. The van der Waals surface area contributed by atoms with Crippen molar-refractivity contribution in [1.29, 1.82) is 0 Å². The molecule has 0 aliphatic carbocycles. The van der Waals surface area contributed by atoms with Crippen molar-refractivity contribution in [3.8, 4) is 0 Å². The molecular formula is C19H26N2OS. The Hall–Kier alpha value is -1.23. The Morgan fingerprint density at radius 3 is 2.78 bits per heavy atom. The molecular weight excluding hydrogens is 304 g/mol. The van der Waals surface area contributed by atoms with E-state index in [2.05, 4.69) is 40.6 Å². The van der Waals surface area contributed by atoms with Gasteiger partial charge >= 0.3 is 0 Å². The van der Waals surface area contributed by atoms with Gasteiger partial charge in [-0.15, -0.1) is 11.3 Å². The van der Waals surface area contributed by atoms with Crippen LogP contribution in [0.15, 0.2) is 35.7 Å². The highest BCUT2D eigenvalue weighted by atomic mass is 32.1. The van der Waals surface area contributed by atoms with E-state index in [1.165, 1.54) is 17.0 Å². The third kappa shape index (κ3) is 4.40. The Labute approximate surface area is 143 Å². The fourth-order valence-corrected chi connectivity index (χ4v) is 4.24. The first-order chi connectivity index (χ1) is 11.0. The van der Waals surface area contributed by atoms with Crippen molar-refractivity contribution in [2.75, 3.05) is 6.54 Å². The first-order valence-electron chi connectivity index (χ1n) is 8.46. The van der Waals surface area contributed by atoms with E-state index in [0.717, 1.165) is 38.0 Å². The molecule has 1 unspecified atom stereocenters. The molecule has 0 radical (unpaired) electrons. The van der Waals surface area contributed by atoms with Crippen LogP contribution in [-0.4, -0.2) is 33.2 Å². The number of thiazole rings is 1. The molecule has 23 heavy (non-hydrogen) atoms. The maximum Gasteiger partial charge on any atom is 0.0932 e. The molecule has 3 rings (SSSR count). The monoisotopic (exact) mass is 330 g/mol. The lowest BCUT2D eigenvalue weighted by atomic mass is 9.96. The molecule has 2 heterocycles. The van der Waals surface area contributed by atoms with Gasteiger partial charge in [0.25, 0.3) is 0 Å². The van der Waals surface area contributed by atoms with Crippen molar-refractivity contribution in [1.82, 2.24) is 9.88 Å². The molecule has 0 amide bonds. The second kappa shape index (κ2) is 7.12. The number of benzene rings is 1. The minimum Gasteiger partial charge on any atom is -0.389 e. The highest BCUT2D eigenvalue weighted by Crippen LogP contribution is 2.28. The summed E-state index contributed by atoms with van der Waals surface area (Å²) in [6, 6.07) is 10.8. The number of hydrogen-bond donors (Lipinski definition) is 1. The second-order valence-corrected chi connectivity index (χ2v) is 7.94. The number of aryl methyl sites for hydroxylation is 2. The summed E-state index contributed by atoms with van der Waals surface area (Å²) in [7, 11) is 0. The van der Waals surface area contributed by atoms with Gasteiger partial charge < -0.3 is 5.11 Å². The van der Waals surface area contributed by atoms with Gasteiger partial charge in [0, 0.05) is 24.4 Å². The lowest BCUT2D eigenvalue weighted by molar-refractivity contribution is -0.00532. The van der Waals surface area contributed by atoms with E-state index in [0.29, 0.717) is 0 Å². The largest absolute Gasteiger partial charge is 0.389 e. The second-order valence-electron chi connectivity index (χ2n) is 7.00. The molecule has 1 fully saturated rings. The molecule has 0 saturated carbocycles. The predicted molar refractivity (Wildman–Crippen MR) is 95.7 cm³/mol. The molecule has 1 aliphatic heterocycles. The van der Waals surface area contributed by atoms with Gasteiger partial charge in [0.1, 0.15) is 0 Å². The molecule has 1 aliphatic rings. The summed E-state index contributed by atoms with van der Waals surface area (Å²) in [5.41, 5.74) is 1.88. The van der Waals surface area contributed by atoms with Crippen LogP contribution in [0.2, 0.25) is 0 Å². The summed E-state index contributed by atoms with van der Waals surface area (Å²) in [6.45, 7) is 5.76. The van der Waals surface area contributed by atoms with Crippen LogP contribution in [-0.2, 0) is 19.4 Å². The maximum atomic E-state index is 10.3. The summed E-state index contributed by atoms with van der Waals surface area (Å²) >= 11 is 1.76. The van der Waals surface area contributed by atoms with Crippen molar-refractivity contribution in [3.05, 3.63) is 52.0 Å². The van der Waals surface area contributed by atoms with E-state index < -0.39 is 5.60 Å². The molecule has 1 N–H and O–H groups in total. The molecule has 0 bridgehead atoms. The first-order valence-corrected chi connectivity index (χ1v) is 9.34. The van der Waals surface area contributed by atoms with Crippen LogP contribution in [0.1, 0.15) is 43.0 Å². The van der Waals surface area contributed by atoms with E-state index in [4.69, 9.17) is 4.98 Å². The zero-order valence-electron chi connectivity index (χ0n) is 14.0. The number of rotatable bonds is 6. The van der Waals surface area contributed by atoms with Gasteiger partial charge in [-0.2, -0.15) is 0 Å². The molecule has 0 spiro atoms. The molecule has 1 atom stereocenters. The normalized spacial score (nSPS) is 19.3. The van der Waals surface area contributed by atoms with Gasteiger partial charge in [0.2, 0.25) is 0 Å². The molecule has 4 heteroatoms. The van der Waals surface area contributed by atoms with Crippen LogP contribution in [0.25, 0.3) is 0 Å². The average molecular weight is 330 g/mol. The van der Waals surface area contributed by atoms with Crippen LogP contribution in [0.5, 0.6) is 0 Å². The van der Waals surface area contributed by atoms with Crippen LogP contribution < -0.4 is 0 Å². The van der Waals surface area contributed by atoms with Crippen molar-refractivity contribution in [2.45, 2.75) is 57.7 Å². The van der Waals surface area contributed by atoms with Crippen molar-refractivity contribution < 1.29 is 5.11 Å². The Kier molecular flexibility index (Phi) is 5.14. The standard InChI is InChI=1S/C19H26N2OS/c1-19(2,22)17-9-6-12-21(17)13-16-14-23-18(20-16)11-10-15-7-4-3-5-8-15/h3-5,7-8,14,17,22H,6,9-13H2,1-2H3. The molecule has 124 valence electrons. The SMILES string of the molecule is CC(C)(O)C1CCCN1Cc1csc(CCc2ccccc2)n1. The lowest BCUT2D eigenvalue weighted by Gasteiger charge is -2.33. The topological polar surface area (TPSA) is 36.4 Å². The quantitative estimate of drug-likeness (QED) is 0.878. The maximum absolute atomic E-state index is 10.3. The number of aliphatic hydroxyl groups is 1. The van der Waals surface area contributed by atoms with E-state index >= 15 is 0 Å². The van der Waals surface area contributed by atoms with Crippen LogP contribution in [0.3, 0.4) is 0 Å². The number of aromatic nitrogens is 1. The average Bonchev–Trinajstić information content (AvgIpc) is 3.15. The van der Waals surface area contributed by atoms with E-state index in [1.54, 1.807) is 11.3 Å². The summed E-state index contributed by atoms with van der Waals surface area (Å²) < 4.78 is 0. The van der Waals surface area contributed by atoms with Crippen LogP contribution in [0.4, 0.5) is 0 Å². The number of hydrogen-bond acceptors (Lipinski definition) is 4. The fourth-order valence-electron chi connectivity index (χ4n) is 3.46. The first kappa shape index (κ1) is 16.6. The third-order valence-corrected chi connectivity index (χ3v) is 5.57. The molecule has 2 aromatic rings. The van der Waals surface area contributed by atoms with Gasteiger partial charge in [-0.3, -0.25) is 4.90 Å². The minimum atomic E-state index is -0.636. The van der Waals surface area contributed by atoms with Crippen molar-refractivity contribution >= 4 is 11.3 Å². The van der Waals surface area contributed by atoms with Gasteiger partial charge in [-0.1, -0.05) is 30.3 Å². The Bertz CT molecular complexity index is 618. The van der Waals surface area contributed by atoms with E-state index in [1.807, 2.05) is 13.8 Å². The van der Waals surface area contributed by atoms with Crippen LogP contribution >= 0.6 is 11.3 Å². The highest BCUT2D eigenvalue weighted by Gasteiger charge is 2.35. The Morgan fingerprint density at radius 2 is 2.04 bits per heavy atom. The Balaban J connectivity index is 1.57.